The number of nitro groups is 1. The topological polar surface area (TPSA) is 87.6 Å². The highest BCUT2D eigenvalue weighted by Gasteiger charge is 2.10. The van der Waals surface area contributed by atoms with Crippen LogP contribution in [0.5, 0.6) is 11.5 Å². The second kappa shape index (κ2) is 6.71. The molecule has 2 aromatic carbocycles. The first-order valence-corrected chi connectivity index (χ1v) is 6.41. The maximum atomic E-state index is 10.8. The third kappa shape index (κ3) is 3.49. The molecule has 21 heavy (non-hydrogen) atoms. The fraction of sp³-hybridized carbons (Fsp3) is 0.200. The van der Waals surface area contributed by atoms with Crippen LogP contribution in [0.25, 0.3) is 11.1 Å². The second-order valence-corrected chi connectivity index (χ2v) is 4.31. The molecule has 0 aliphatic heterocycles. The molecule has 2 N–H and O–H groups in total. The van der Waals surface area contributed by atoms with Crippen LogP contribution in [0.4, 0.5) is 5.69 Å². The Morgan fingerprint density at radius 2 is 1.90 bits per heavy atom. The predicted octanol–water partition coefficient (Wildman–Crippen LogP) is 2.61. The largest absolute Gasteiger partial charge is 0.493 e. The normalized spacial score (nSPS) is 10.2. The highest BCUT2D eigenvalue weighted by molar-refractivity contribution is 5.69. The lowest BCUT2D eigenvalue weighted by Gasteiger charge is -2.11. The van der Waals surface area contributed by atoms with Gasteiger partial charge in [0.2, 0.25) is 0 Å². The first kappa shape index (κ1) is 14.8. The van der Waals surface area contributed by atoms with Crippen molar-refractivity contribution in [2.24, 2.45) is 5.73 Å². The first-order chi connectivity index (χ1) is 10.2. The molecular weight excluding hydrogens is 272 g/mol. The van der Waals surface area contributed by atoms with E-state index in [0.29, 0.717) is 24.7 Å². The molecule has 6 heteroatoms. The van der Waals surface area contributed by atoms with Crippen molar-refractivity contribution in [2.75, 3.05) is 20.3 Å². The van der Waals surface area contributed by atoms with Crippen LogP contribution in [0.2, 0.25) is 0 Å². The molecule has 0 fully saturated rings. The summed E-state index contributed by atoms with van der Waals surface area (Å²) in [7, 11) is 1.54. The SMILES string of the molecule is COc1cc(-c2cccc([N+](=O)[O-])c2)ccc1OCCN. The van der Waals surface area contributed by atoms with Gasteiger partial charge in [-0.2, -0.15) is 0 Å². The molecule has 2 rings (SSSR count). The maximum absolute atomic E-state index is 10.8. The predicted molar refractivity (Wildman–Crippen MR) is 79.6 cm³/mol. The molecule has 0 aliphatic rings. The van der Waals surface area contributed by atoms with Gasteiger partial charge in [0.25, 0.3) is 5.69 Å². The minimum atomic E-state index is -0.417. The fourth-order valence-corrected chi connectivity index (χ4v) is 1.93. The van der Waals surface area contributed by atoms with E-state index in [1.807, 2.05) is 12.1 Å². The van der Waals surface area contributed by atoms with Gasteiger partial charge in [0.05, 0.1) is 12.0 Å². The number of rotatable bonds is 6. The Morgan fingerprint density at radius 1 is 1.14 bits per heavy atom. The zero-order chi connectivity index (χ0) is 15.2. The van der Waals surface area contributed by atoms with Gasteiger partial charge >= 0.3 is 0 Å². The molecule has 0 aromatic heterocycles. The number of ether oxygens (including phenoxy) is 2. The van der Waals surface area contributed by atoms with Crippen LogP contribution in [0.1, 0.15) is 0 Å². The van der Waals surface area contributed by atoms with Crippen LogP contribution < -0.4 is 15.2 Å². The highest BCUT2D eigenvalue weighted by atomic mass is 16.6. The van der Waals surface area contributed by atoms with Gasteiger partial charge in [-0.25, -0.2) is 0 Å². The zero-order valence-corrected chi connectivity index (χ0v) is 11.6. The summed E-state index contributed by atoms with van der Waals surface area (Å²) in [4.78, 5) is 10.4. The van der Waals surface area contributed by atoms with Gasteiger partial charge in [-0.1, -0.05) is 18.2 Å². The Hall–Kier alpha value is -2.60. The Balaban J connectivity index is 2.36. The first-order valence-electron chi connectivity index (χ1n) is 6.41. The number of non-ortho nitro benzene ring substituents is 1. The van der Waals surface area contributed by atoms with Gasteiger partial charge in [0, 0.05) is 18.7 Å². The average Bonchev–Trinajstić information content (AvgIpc) is 2.52. The second-order valence-electron chi connectivity index (χ2n) is 4.31. The third-order valence-corrected chi connectivity index (χ3v) is 2.93. The third-order valence-electron chi connectivity index (χ3n) is 2.93. The molecule has 0 saturated carbocycles. The van der Waals surface area contributed by atoms with E-state index in [-0.39, 0.29) is 5.69 Å². The molecule has 110 valence electrons. The van der Waals surface area contributed by atoms with Crippen molar-refractivity contribution >= 4 is 5.69 Å². The lowest BCUT2D eigenvalue weighted by atomic mass is 10.0. The van der Waals surface area contributed by atoms with E-state index >= 15 is 0 Å². The van der Waals surface area contributed by atoms with Crippen molar-refractivity contribution in [3.05, 3.63) is 52.6 Å². The van der Waals surface area contributed by atoms with Crippen LogP contribution in [0.3, 0.4) is 0 Å². The molecule has 0 bridgehead atoms. The standard InChI is InChI=1S/C15H16N2O4/c1-20-15-10-12(5-6-14(15)21-8-7-16)11-3-2-4-13(9-11)17(18)19/h2-6,9-10H,7-8,16H2,1H3. The molecule has 0 radical (unpaired) electrons. The van der Waals surface area contributed by atoms with Crippen molar-refractivity contribution in [3.63, 3.8) is 0 Å². The zero-order valence-electron chi connectivity index (χ0n) is 11.6. The molecule has 6 nitrogen and oxygen atoms in total. The van der Waals surface area contributed by atoms with Crippen molar-refractivity contribution in [1.29, 1.82) is 0 Å². The van der Waals surface area contributed by atoms with Crippen molar-refractivity contribution in [1.82, 2.24) is 0 Å². The van der Waals surface area contributed by atoms with Crippen molar-refractivity contribution < 1.29 is 14.4 Å². The van der Waals surface area contributed by atoms with Gasteiger partial charge in [0.15, 0.2) is 11.5 Å². The summed E-state index contributed by atoms with van der Waals surface area (Å²) in [6.07, 6.45) is 0. The summed E-state index contributed by atoms with van der Waals surface area (Å²) in [6, 6.07) is 11.8. The highest BCUT2D eigenvalue weighted by Crippen LogP contribution is 2.33. The van der Waals surface area contributed by atoms with E-state index in [9.17, 15) is 10.1 Å². The van der Waals surface area contributed by atoms with Gasteiger partial charge in [-0.3, -0.25) is 10.1 Å². The number of hydrogen-bond acceptors (Lipinski definition) is 5. The maximum Gasteiger partial charge on any atom is 0.270 e. The summed E-state index contributed by atoms with van der Waals surface area (Å²) >= 11 is 0. The van der Waals surface area contributed by atoms with Gasteiger partial charge < -0.3 is 15.2 Å². The number of nitrogens with two attached hydrogens (primary N) is 1. The monoisotopic (exact) mass is 288 g/mol. The van der Waals surface area contributed by atoms with Gasteiger partial charge in [-0.15, -0.1) is 0 Å². The molecular formula is C15H16N2O4. The summed E-state index contributed by atoms with van der Waals surface area (Å²) in [6.45, 7) is 0.808. The van der Waals surface area contributed by atoms with Crippen LogP contribution in [0, 0.1) is 10.1 Å². The summed E-state index contributed by atoms with van der Waals surface area (Å²) in [5, 5.41) is 10.8. The number of nitro benzene ring substituents is 1. The summed E-state index contributed by atoms with van der Waals surface area (Å²) in [5.74, 6) is 1.16. The lowest BCUT2D eigenvalue weighted by molar-refractivity contribution is -0.384. The minimum Gasteiger partial charge on any atom is -0.493 e. The Morgan fingerprint density at radius 3 is 2.57 bits per heavy atom. The quantitative estimate of drug-likeness (QED) is 0.652. The van der Waals surface area contributed by atoms with Crippen LogP contribution >= 0.6 is 0 Å². The molecule has 2 aromatic rings. The van der Waals surface area contributed by atoms with Crippen LogP contribution in [-0.2, 0) is 0 Å². The van der Waals surface area contributed by atoms with Gasteiger partial charge in [-0.05, 0) is 23.3 Å². The van der Waals surface area contributed by atoms with E-state index < -0.39 is 4.92 Å². The summed E-state index contributed by atoms with van der Waals surface area (Å²) < 4.78 is 10.8. The molecule has 0 amide bonds. The number of hydrogen-bond donors (Lipinski definition) is 1. The molecule has 0 heterocycles. The molecule has 0 saturated heterocycles. The van der Waals surface area contributed by atoms with Crippen LogP contribution in [0.15, 0.2) is 42.5 Å². The van der Waals surface area contributed by atoms with E-state index in [1.165, 1.54) is 12.1 Å². The number of nitrogens with zero attached hydrogens (tertiary/aromatic N) is 1. The minimum absolute atomic E-state index is 0.0509. The Bertz CT molecular complexity index is 643. The molecule has 0 spiro atoms. The number of methoxy groups -OCH3 is 1. The number of benzene rings is 2. The van der Waals surface area contributed by atoms with Crippen molar-refractivity contribution in [3.8, 4) is 22.6 Å². The van der Waals surface area contributed by atoms with Crippen molar-refractivity contribution in [2.45, 2.75) is 0 Å². The smallest absolute Gasteiger partial charge is 0.270 e. The molecule has 0 unspecified atom stereocenters. The van der Waals surface area contributed by atoms with Crippen LogP contribution in [-0.4, -0.2) is 25.2 Å². The molecule has 0 atom stereocenters. The van der Waals surface area contributed by atoms with E-state index in [4.69, 9.17) is 15.2 Å². The fourth-order valence-electron chi connectivity index (χ4n) is 1.93. The summed E-state index contributed by atoms with van der Waals surface area (Å²) in [5.41, 5.74) is 7.01. The lowest BCUT2D eigenvalue weighted by Crippen LogP contribution is -2.11. The van der Waals surface area contributed by atoms with E-state index in [1.54, 1.807) is 25.3 Å². The van der Waals surface area contributed by atoms with E-state index in [2.05, 4.69) is 0 Å². The molecule has 0 aliphatic carbocycles. The van der Waals surface area contributed by atoms with Gasteiger partial charge in [0.1, 0.15) is 6.61 Å². The Kier molecular flexibility index (Phi) is 4.73. The average molecular weight is 288 g/mol. The van der Waals surface area contributed by atoms with E-state index in [0.717, 1.165) is 11.1 Å². The Labute approximate surface area is 122 Å².